The minimum Gasteiger partial charge on any atom is -0.494 e. The topological polar surface area (TPSA) is 67.4 Å². The molecule has 2 amide bonds. The van der Waals surface area contributed by atoms with Crippen LogP contribution in [0.2, 0.25) is 0 Å². The first-order valence-corrected chi connectivity index (χ1v) is 10.3. The van der Waals surface area contributed by atoms with Gasteiger partial charge in [0.25, 0.3) is 5.91 Å². The minimum absolute atomic E-state index is 0.134. The number of hydrogen-bond donors (Lipinski definition) is 2. The van der Waals surface area contributed by atoms with Crippen LogP contribution in [0, 0.1) is 5.82 Å². The number of hydrogen-bond acceptors (Lipinski definition) is 4. The zero-order valence-corrected chi connectivity index (χ0v) is 17.2. The summed E-state index contributed by atoms with van der Waals surface area (Å²) in [5.74, 6) is 0.121. The lowest BCUT2D eigenvalue weighted by molar-refractivity contribution is -0.113. The first-order valence-electron chi connectivity index (χ1n) is 9.36. The van der Waals surface area contributed by atoms with Gasteiger partial charge in [-0.05, 0) is 73.7 Å². The van der Waals surface area contributed by atoms with E-state index in [2.05, 4.69) is 10.6 Å². The first kappa shape index (κ1) is 21.4. The van der Waals surface area contributed by atoms with Gasteiger partial charge in [0.1, 0.15) is 11.6 Å². The fourth-order valence-corrected chi connectivity index (χ4v) is 3.37. The number of nitrogens with one attached hydrogen (secondary N) is 2. The number of amides is 2. The second kappa shape index (κ2) is 10.5. The van der Waals surface area contributed by atoms with E-state index < -0.39 is 5.82 Å². The number of carbonyl (C=O) groups excluding carboxylic acids is 2. The van der Waals surface area contributed by atoms with Gasteiger partial charge in [0.15, 0.2) is 0 Å². The fraction of sp³-hybridized carbons (Fsp3) is 0.130. The number of carbonyl (C=O) groups is 2. The molecule has 0 aliphatic rings. The van der Waals surface area contributed by atoms with Gasteiger partial charge in [0.2, 0.25) is 5.91 Å². The molecule has 0 spiro atoms. The third-order valence-electron chi connectivity index (χ3n) is 4.02. The zero-order valence-electron chi connectivity index (χ0n) is 16.4. The summed E-state index contributed by atoms with van der Waals surface area (Å²) in [7, 11) is 0. The van der Waals surface area contributed by atoms with E-state index in [1.165, 1.54) is 36.0 Å². The van der Waals surface area contributed by atoms with Crippen LogP contribution in [0.1, 0.15) is 17.3 Å². The summed E-state index contributed by atoms with van der Waals surface area (Å²) in [6.07, 6.45) is 0. The molecule has 5 nitrogen and oxygen atoms in total. The smallest absolute Gasteiger partial charge is 0.255 e. The predicted molar refractivity (Wildman–Crippen MR) is 118 cm³/mol. The third-order valence-corrected chi connectivity index (χ3v) is 5.01. The molecule has 0 saturated heterocycles. The molecule has 0 aliphatic heterocycles. The van der Waals surface area contributed by atoms with Crippen LogP contribution in [0.15, 0.2) is 77.7 Å². The Morgan fingerprint density at radius 1 is 0.933 bits per heavy atom. The Bertz CT molecular complexity index is 1010. The predicted octanol–water partition coefficient (Wildman–Crippen LogP) is 5.21. The molecule has 0 fully saturated rings. The summed E-state index contributed by atoms with van der Waals surface area (Å²) < 4.78 is 18.4. The number of halogens is 1. The Labute approximate surface area is 178 Å². The van der Waals surface area contributed by atoms with E-state index in [9.17, 15) is 14.0 Å². The molecule has 30 heavy (non-hydrogen) atoms. The van der Waals surface area contributed by atoms with Crippen LogP contribution in [0.25, 0.3) is 0 Å². The second-order valence-electron chi connectivity index (χ2n) is 6.28. The Morgan fingerprint density at radius 2 is 1.67 bits per heavy atom. The molecule has 3 rings (SSSR count). The molecule has 154 valence electrons. The second-order valence-corrected chi connectivity index (χ2v) is 7.33. The number of thioether (sulfide) groups is 1. The lowest BCUT2D eigenvalue weighted by atomic mass is 10.2. The van der Waals surface area contributed by atoms with E-state index in [0.717, 1.165) is 10.6 Å². The number of ether oxygens (including phenoxy) is 1. The molecule has 3 aromatic rings. The van der Waals surface area contributed by atoms with Crippen molar-refractivity contribution in [1.82, 2.24) is 0 Å². The van der Waals surface area contributed by atoms with Gasteiger partial charge >= 0.3 is 0 Å². The lowest BCUT2D eigenvalue weighted by Gasteiger charge is -2.09. The molecule has 2 N–H and O–H groups in total. The maximum Gasteiger partial charge on any atom is 0.255 e. The molecule has 0 bridgehead atoms. The summed E-state index contributed by atoms with van der Waals surface area (Å²) in [5, 5.41) is 5.61. The van der Waals surface area contributed by atoms with Gasteiger partial charge in [0.05, 0.1) is 12.4 Å². The summed E-state index contributed by atoms with van der Waals surface area (Å²) in [4.78, 5) is 25.3. The molecule has 0 atom stereocenters. The molecule has 0 unspecified atom stereocenters. The van der Waals surface area contributed by atoms with Crippen molar-refractivity contribution in [1.29, 1.82) is 0 Å². The van der Waals surface area contributed by atoms with Gasteiger partial charge < -0.3 is 15.4 Å². The Kier molecular flexibility index (Phi) is 7.45. The van der Waals surface area contributed by atoms with Crippen LogP contribution >= 0.6 is 11.8 Å². The normalized spacial score (nSPS) is 10.3. The number of anilines is 2. The van der Waals surface area contributed by atoms with E-state index >= 15 is 0 Å². The van der Waals surface area contributed by atoms with E-state index in [0.29, 0.717) is 23.5 Å². The maximum atomic E-state index is 13.0. The lowest BCUT2D eigenvalue weighted by Crippen LogP contribution is -2.14. The van der Waals surface area contributed by atoms with Crippen LogP contribution in [-0.2, 0) is 4.79 Å². The SMILES string of the molecule is CCOc1ccc(NC(=O)CSc2cccc(NC(=O)c3ccc(F)cc3)c2)cc1. The van der Waals surface area contributed by atoms with Crippen molar-refractivity contribution >= 4 is 35.0 Å². The van der Waals surface area contributed by atoms with Gasteiger partial charge in [-0.25, -0.2) is 4.39 Å². The van der Waals surface area contributed by atoms with Crippen molar-refractivity contribution in [2.75, 3.05) is 23.0 Å². The Hall–Kier alpha value is -3.32. The van der Waals surface area contributed by atoms with Crippen LogP contribution in [-0.4, -0.2) is 24.2 Å². The van der Waals surface area contributed by atoms with E-state index in [1.807, 2.05) is 13.0 Å². The molecule has 0 heterocycles. The maximum absolute atomic E-state index is 13.0. The van der Waals surface area contributed by atoms with Crippen molar-refractivity contribution < 1.29 is 18.7 Å². The molecular weight excluding hydrogens is 403 g/mol. The highest BCUT2D eigenvalue weighted by atomic mass is 32.2. The van der Waals surface area contributed by atoms with Gasteiger partial charge in [-0.1, -0.05) is 6.07 Å². The van der Waals surface area contributed by atoms with E-state index in [-0.39, 0.29) is 17.6 Å². The summed E-state index contributed by atoms with van der Waals surface area (Å²) >= 11 is 1.36. The number of rotatable bonds is 8. The van der Waals surface area contributed by atoms with Crippen molar-refractivity contribution in [3.63, 3.8) is 0 Å². The molecule has 3 aromatic carbocycles. The fourth-order valence-electron chi connectivity index (χ4n) is 2.62. The highest BCUT2D eigenvalue weighted by molar-refractivity contribution is 8.00. The van der Waals surface area contributed by atoms with E-state index in [4.69, 9.17) is 4.74 Å². The molecule has 0 radical (unpaired) electrons. The van der Waals surface area contributed by atoms with Crippen LogP contribution in [0.4, 0.5) is 15.8 Å². The first-order chi connectivity index (χ1) is 14.5. The average molecular weight is 424 g/mol. The molecule has 0 saturated carbocycles. The van der Waals surface area contributed by atoms with Gasteiger partial charge in [-0.15, -0.1) is 11.8 Å². The van der Waals surface area contributed by atoms with Crippen molar-refractivity contribution in [3.8, 4) is 5.75 Å². The zero-order chi connectivity index (χ0) is 21.3. The molecular formula is C23H21FN2O3S. The van der Waals surface area contributed by atoms with Crippen LogP contribution < -0.4 is 15.4 Å². The molecule has 0 aromatic heterocycles. The summed E-state index contributed by atoms with van der Waals surface area (Å²) in [6, 6.07) is 19.7. The van der Waals surface area contributed by atoms with Crippen molar-refractivity contribution in [2.45, 2.75) is 11.8 Å². The third kappa shape index (κ3) is 6.35. The molecule has 7 heteroatoms. The quantitative estimate of drug-likeness (QED) is 0.487. The number of benzene rings is 3. The monoisotopic (exact) mass is 424 g/mol. The van der Waals surface area contributed by atoms with Gasteiger partial charge in [-0.3, -0.25) is 9.59 Å². The van der Waals surface area contributed by atoms with Gasteiger partial charge in [-0.2, -0.15) is 0 Å². The largest absolute Gasteiger partial charge is 0.494 e. The minimum atomic E-state index is -0.395. The Morgan fingerprint density at radius 3 is 2.37 bits per heavy atom. The van der Waals surface area contributed by atoms with Crippen LogP contribution in [0.3, 0.4) is 0 Å². The van der Waals surface area contributed by atoms with E-state index in [1.54, 1.807) is 42.5 Å². The van der Waals surface area contributed by atoms with Crippen molar-refractivity contribution in [2.24, 2.45) is 0 Å². The highest BCUT2D eigenvalue weighted by Gasteiger charge is 2.08. The standard InChI is InChI=1S/C23H21FN2O3S/c1-2-29-20-12-10-18(11-13-20)25-22(27)15-30-21-5-3-4-19(14-21)26-23(28)16-6-8-17(24)9-7-16/h3-14H,2,15H2,1H3,(H,25,27)(H,26,28). The van der Waals surface area contributed by atoms with Crippen molar-refractivity contribution in [3.05, 3.63) is 84.2 Å². The summed E-state index contributed by atoms with van der Waals surface area (Å²) in [5.41, 5.74) is 1.66. The average Bonchev–Trinajstić information content (AvgIpc) is 2.75. The highest BCUT2D eigenvalue weighted by Crippen LogP contribution is 2.23. The summed E-state index contributed by atoms with van der Waals surface area (Å²) in [6.45, 7) is 2.50. The van der Waals surface area contributed by atoms with Crippen LogP contribution in [0.5, 0.6) is 5.75 Å². The van der Waals surface area contributed by atoms with Gasteiger partial charge in [0, 0.05) is 21.8 Å². The Balaban J connectivity index is 1.52. The molecule has 0 aliphatic carbocycles.